The number of aromatic nitrogens is 3. The average Bonchev–Trinajstić information content (AvgIpc) is 3.09. The van der Waals surface area contributed by atoms with Gasteiger partial charge in [0.15, 0.2) is 11.0 Å². The highest BCUT2D eigenvalue weighted by atomic mass is 35.5. The highest BCUT2D eigenvalue weighted by molar-refractivity contribution is 7.99. The fraction of sp³-hybridized carbons (Fsp3) is 0.250. The highest BCUT2D eigenvalue weighted by Crippen LogP contribution is 2.22. The Morgan fingerprint density at radius 1 is 1.18 bits per heavy atom. The van der Waals surface area contributed by atoms with Crippen LogP contribution in [0.4, 0.5) is 5.69 Å². The van der Waals surface area contributed by atoms with Gasteiger partial charge < -0.3 is 14.6 Å². The van der Waals surface area contributed by atoms with Gasteiger partial charge in [0.1, 0.15) is 12.4 Å². The zero-order chi connectivity index (χ0) is 19.9. The molecule has 0 aliphatic heterocycles. The molecule has 0 aliphatic carbocycles. The SMILES string of the molecule is CCn1c(COc2ccc(C)cc2)nnc1SCC(=O)Nc1ccccc1Cl. The van der Waals surface area contributed by atoms with E-state index in [1.807, 2.05) is 54.8 Å². The zero-order valence-electron chi connectivity index (χ0n) is 15.7. The summed E-state index contributed by atoms with van der Waals surface area (Å²) in [4.78, 5) is 12.2. The van der Waals surface area contributed by atoms with Crippen LogP contribution in [0.25, 0.3) is 0 Å². The Bertz CT molecular complexity index is 944. The number of thioether (sulfide) groups is 1. The topological polar surface area (TPSA) is 69.0 Å². The lowest BCUT2D eigenvalue weighted by atomic mass is 10.2. The summed E-state index contributed by atoms with van der Waals surface area (Å²) < 4.78 is 7.74. The first-order chi connectivity index (χ1) is 13.6. The number of rotatable bonds is 8. The Morgan fingerprint density at radius 2 is 1.93 bits per heavy atom. The van der Waals surface area contributed by atoms with Crippen LogP contribution in [-0.2, 0) is 17.9 Å². The number of halogens is 1. The van der Waals surface area contributed by atoms with Gasteiger partial charge in [0.2, 0.25) is 5.91 Å². The fourth-order valence-corrected chi connectivity index (χ4v) is 3.52. The van der Waals surface area contributed by atoms with E-state index in [9.17, 15) is 4.79 Å². The summed E-state index contributed by atoms with van der Waals surface area (Å²) in [6.07, 6.45) is 0. The molecule has 0 unspecified atom stereocenters. The van der Waals surface area contributed by atoms with Crippen LogP contribution in [0.1, 0.15) is 18.3 Å². The van der Waals surface area contributed by atoms with Crippen molar-refractivity contribution in [3.8, 4) is 5.75 Å². The Hall–Kier alpha value is -2.51. The number of carbonyl (C=O) groups is 1. The summed E-state index contributed by atoms with van der Waals surface area (Å²) in [6.45, 7) is 5.04. The predicted octanol–water partition coefficient (Wildman–Crippen LogP) is 4.57. The van der Waals surface area contributed by atoms with Crippen LogP contribution in [0.2, 0.25) is 5.02 Å². The predicted molar refractivity (Wildman–Crippen MR) is 112 cm³/mol. The van der Waals surface area contributed by atoms with E-state index in [-0.39, 0.29) is 11.7 Å². The number of hydrogen-bond donors (Lipinski definition) is 1. The maximum absolute atomic E-state index is 12.2. The summed E-state index contributed by atoms with van der Waals surface area (Å²) in [6, 6.07) is 15.0. The summed E-state index contributed by atoms with van der Waals surface area (Å²) >= 11 is 7.40. The molecule has 0 radical (unpaired) electrons. The van der Waals surface area contributed by atoms with E-state index in [1.165, 1.54) is 17.3 Å². The number of ether oxygens (including phenoxy) is 1. The van der Waals surface area contributed by atoms with E-state index < -0.39 is 0 Å². The standard InChI is InChI=1S/C20H21ClN4O2S/c1-3-25-18(12-27-15-10-8-14(2)9-11-15)23-24-20(25)28-13-19(26)22-17-7-5-4-6-16(17)21/h4-11H,3,12-13H2,1-2H3,(H,22,26). The van der Waals surface area contributed by atoms with Crippen molar-refractivity contribution in [2.24, 2.45) is 0 Å². The normalized spacial score (nSPS) is 10.7. The molecule has 0 spiro atoms. The lowest BCUT2D eigenvalue weighted by Gasteiger charge is -2.09. The molecular weight excluding hydrogens is 396 g/mol. The van der Waals surface area contributed by atoms with E-state index in [0.717, 1.165) is 11.6 Å². The first-order valence-corrected chi connectivity index (χ1v) is 10.2. The van der Waals surface area contributed by atoms with E-state index in [4.69, 9.17) is 16.3 Å². The molecule has 1 N–H and O–H groups in total. The fourth-order valence-electron chi connectivity index (χ4n) is 2.51. The molecular formula is C20H21ClN4O2S. The third-order valence-electron chi connectivity index (χ3n) is 3.98. The van der Waals surface area contributed by atoms with Gasteiger partial charge in [0.25, 0.3) is 0 Å². The molecule has 146 valence electrons. The monoisotopic (exact) mass is 416 g/mol. The van der Waals surface area contributed by atoms with Crippen molar-refractivity contribution in [2.45, 2.75) is 32.2 Å². The van der Waals surface area contributed by atoms with Crippen molar-refractivity contribution < 1.29 is 9.53 Å². The molecule has 1 aromatic heterocycles. The number of aryl methyl sites for hydroxylation is 1. The Kier molecular flexibility index (Phi) is 6.95. The van der Waals surface area contributed by atoms with Crippen LogP contribution in [0.5, 0.6) is 5.75 Å². The van der Waals surface area contributed by atoms with Crippen LogP contribution in [0, 0.1) is 6.92 Å². The first kappa shape index (κ1) is 20.2. The van der Waals surface area contributed by atoms with Crippen LogP contribution < -0.4 is 10.1 Å². The third-order valence-corrected chi connectivity index (χ3v) is 5.28. The van der Waals surface area contributed by atoms with Gasteiger partial charge in [-0.05, 0) is 38.1 Å². The number of amides is 1. The summed E-state index contributed by atoms with van der Waals surface area (Å²) in [5, 5.41) is 12.4. The van der Waals surface area contributed by atoms with E-state index >= 15 is 0 Å². The van der Waals surface area contributed by atoms with Gasteiger partial charge in [-0.15, -0.1) is 10.2 Å². The quantitative estimate of drug-likeness (QED) is 0.545. The average molecular weight is 417 g/mol. The van der Waals surface area contributed by atoms with Crippen molar-refractivity contribution in [2.75, 3.05) is 11.1 Å². The van der Waals surface area contributed by atoms with Gasteiger partial charge in [0.05, 0.1) is 16.5 Å². The second kappa shape index (κ2) is 9.61. The van der Waals surface area contributed by atoms with Gasteiger partial charge in [-0.25, -0.2) is 0 Å². The Labute approximate surface area is 173 Å². The van der Waals surface area contributed by atoms with Crippen LogP contribution in [-0.4, -0.2) is 26.4 Å². The second-order valence-corrected chi connectivity index (χ2v) is 7.41. The molecule has 28 heavy (non-hydrogen) atoms. The Balaban J connectivity index is 1.58. The molecule has 0 bridgehead atoms. The maximum Gasteiger partial charge on any atom is 0.234 e. The second-order valence-electron chi connectivity index (χ2n) is 6.06. The van der Waals surface area contributed by atoms with Crippen molar-refractivity contribution in [3.63, 3.8) is 0 Å². The molecule has 0 fully saturated rings. The van der Waals surface area contributed by atoms with E-state index in [2.05, 4.69) is 15.5 Å². The lowest BCUT2D eigenvalue weighted by molar-refractivity contribution is -0.113. The van der Waals surface area contributed by atoms with E-state index in [0.29, 0.717) is 29.0 Å². The molecule has 0 saturated heterocycles. The highest BCUT2D eigenvalue weighted by Gasteiger charge is 2.14. The van der Waals surface area contributed by atoms with Crippen LogP contribution >= 0.6 is 23.4 Å². The largest absolute Gasteiger partial charge is 0.486 e. The molecule has 3 aromatic rings. The Morgan fingerprint density at radius 3 is 2.64 bits per heavy atom. The molecule has 6 nitrogen and oxygen atoms in total. The van der Waals surface area contributed by atoms with Gasteiger partial charge in [-0.1, -0.05) is 53.2 Å². The molecule has 0 aliphatic rings. The lowest BCUT2D eigenvalue weighted by Crippen LogP contribution is -2.15. The van der Waals surface area contributed by atoms with E-state index in [1.54, 1.807) is 12.1 Å². The number of benzene rings is 2. The minimum atomic E-state index is -0.152. The summed E-state index contributed by atoms with van der Waals surface area (Å²) in [5.74, 6) is 1.56. The van der Waals surface area contributed by atoms with Gasteiger partial charge >= 0.3 is 0 Å². The molecule has 1 amide bonds. The van der Waals surface area contributed by atoms with Gasteiger partial charge in [-0.3, -0.25) is 4.79 Å². The van der Waals surface area contributed by atoms with Crippen LogP contribution in [0.15, 0.2) is 53.7 Å². The molecule has 2 aromatic carbocycles. The molecule has 0 atom stereocenters. The summed E-state index contributed by atoms with van der Waals surface area (Å²) in [7, 11) is 0. The van der Waals surface area contributed by atoms with Crippen LogP contribution in [0.3, 0.4) is 0 Å². The zero-order valence-corrected chi connectivity index (χ0v) is 17.3. The molecule has 0 saturated carbocycles. The minimum absolute atomic E-state index is 0.152. The number of para-hydroxylation sites is 1. The smallest absolute Gasteiger partial charge is 0.234 e. The minimum Gasteiger partial charge on any atom is -0.486 e. The van der Waals surface area contributed by atoms with Gasteiger partial charge in [-0.2, -0.15) is 0 Å². The number of carbonyl (C=O) groups excluding carboxylic acids is 1. The van der Waals surface area contributed by atoms with Crippen molar-refractivity contribution in [1.82, 2.24) is 14.8 Å². The number of anilines is 1. The molecule has 3 rings (SSSR count). The molecule has 8 heteroatoms. The molecule has 1 heterocycles. The number of nitrogens with zero attached hydrogens (tertiary/aromatic N) is 3. The van der Waals surface area contributed by atoms with Gasteiger partial charge in [0, 0.05) is 6.54 Å². The van der Waals surface area contributed by atoms with Crippen molar-refractivity contribution in [1.29, 1.82) is 0 Å². The number of hydrogen-bond acceptors (Lipinski definition) is 5. The third kappa shape index (κ3) is 5.27. The maximum atomic E-state index is 12.2. The van der Waals surface area contributed by atoms with Crippen molar-refractivity contribution in [3.05, 3.63) is 64.9 Å². The number of nitrogens with one attached hydrogen (secondary N) is 1. The first-order valence-electron chi connectivity index (χ1n) is 8.85. The van der Waals surface area contributed by atoms with Crippen molar-refractivity contribution >= 4 is 35.0 Å². The summed E-state index contributed by atoms with van der Waals surface area (Å²) in [5.41, 5.74) is 1.77.